The lowest BCUT2D eigenvalue weighted by atomic mass is 9.93. The van der Waals surface area contributed by atoms with Crippen molar-refractivity contribution in [3.63, 3.8) is 0 Å². The molecule has 16 heavy (non-hydrogen) atoms. The Labute approximate surface area is 95.3 Å². The number of hydrogen-bond donors (Lipinski definition) is 1. The molecule has 1 saturated heterocycles. The predicted molar refractivity (Wildman–Crippen MR) is 58.9 cm³/mol. The van der Waals surface area contributed by atoms with E-state index in [4.69, 9.17) is 0 Å². The van der Waals surface area contributed by atoms with E-state index in [1.54, 1.807) is 0 Å². The monoisotopic (exact) mass is 226 g/mol. The Kier molecular flexibility index (Phi) is 4.52. The van der Waals surface area contributed by atoms with E-state index in [0.29, 0.717) is 0 Å². The lowest BCUT2D eigenvalue weighted by molar-refractivity contribution is -0.135. The fraction of sp³-hybridized carbons (Fsp3) is 0.667. The first-order valence-corrected chi connectivity index (χ1v) is 5.75. The molecule has 0 saturated carbocycles. The number of unbranched alkanes of at least 4 members (excludes halogenated alkanes) is 1. The van der Waals surface area contributed by atoms with Gasteiger partial charge in [-0.1, -0.05) is 26.7 Å². The Morgan fingerprint density at radius 3 is 2.56 bits per heavy atom. The number of aliphatic hydroxyl groups excluding tert-OH is 1. The minimum Gasteiger partial charge on any atom is -0.511 e. The average molecular weight is 226 g/mol. The number of hydrogen-bond acceptors (Lipinski definition) is 4. The van der Waals surface area contributed by atoms with Gasteiger partial charge in [0.05, 0.1) is 0 Å². The van der Waals surface area contributed by atoms with Crippen LogP contribution in [0.5, 0.6) is 0 Å². The molecule has 0 radical (unpaired) electrons. The van der Waals surface area contributed by atoms with E-state index in [-0.39, 0.29) is 23.9 Å². The summed E-state index contributed by atoms with van der Waals surface area (Å²) in [6.45, 7) is 3.76. The molecule has 0 aromatic rings. The van der Waals surface area contributed by atoms with Crippen LogP contribution in [0.4, 0.5) is 0 Å². The van der Waals surface area contributed by atoms with Gasteiger partial charge < -0.3 is 9.84 Å². The molecule has 0 aromatic carbocycles. The second kappa shape index (κ2) is 5.68. The lowest BCUT2D eigenvalue weighted by Crippen LogP contribution is -2.12. The summed E-state index contributed by atoms with van der Waals surface area (Å²) in [5.74, 6) is -1.28. The smallest absolute Gasteiger partial charge is 0.345 e. The zero-order valence-electron chi connectivity index (χ0n) is 9.78. The van der Waals surface area contributed by atoms with Crippen molar-refractivity contribution in [1.82, 2.24) is 0 Å². The third-order valence-electron chi connectivity index (χ3n) is 2.86. The van der Waals surface area contributed by atoms with E-state index < -0.39 is 11.8 Å². The topological polar surface area (TPSA) is 63.6 Å². The molecular weight excluding hydrogens is 208 g/mol. The van der Waals surface area contributed by atoms with Crippen molar-refractivity contribution in [2.45, 2.75) is 39.5 Å². The maximum atomic E-state index is 11.4. The van der Waals surface area contributed by atoms with Gasteiger partial charge >= 0.3 is 5.97 Å². The molecule has 1 N–H and O–H groups in total. The van der Waals surface area contributed by atoms with Crippen molar-refractivity contribution < 1.29 is 19.4 Å². The molecule has 1 unspecified atom stereocenters. The van der Waals surface area contributed by atoms with Crippen molar-refractivity contribution in [3.05, 3.63) is 11.3 Å². The number of carbonyl (C=O) groups is 2. The van der Waals surface area contributed by atoms with Crippen LogP contribution in [0.25, 0.3) is 0 Å². The molecular formula is C12H18O4. The Morgan fingerprint density at radius 2 is 2.12 bits per heavy atom. The third-order valence-corrected chi connectivity index (χ3v) is 2.86. The zero-order valence-corrected chi connectivity index (χ0v) is 9.78. The molecule has 4 heteroatoms. The maximum absolute atomic E-state index is 11.4. The van der Waals surface area contributed by atoms with Gasteiger partial charge in [0.2, 0.25) is 5.78 Å². The summed E-state index contributed by atoms with van der Waals surface area (Å²) in [5.41, 5.74) is -0.136. The fourth-order valence-electron chi connectivity index (χ4n) is 1.83. The standard InChI is InChI=1S/C12H18O4/c1-3-5-6-8(4-2)11(14)10-9(13)7-16-12(10)15/h8,14H,3-7H2,1-2H3/b11-10+. The fourth-order valence-corrected chi connectivity index (χ4v) is 1.83. The van der Waals surface area contributed by atoms with E-state index >= 15 is 0 Å². The number of rotatable bonds is 5. The number of esters is 1. The predicted octanol–water partition coefficient (Wildman–Crippen LogP) is 2.14. The molecule has 1 atom stereocenters. The van der Waals surface area contributed by atoms with E-state index in [0.717, 1.165) is 25.7 Å². The first-order chi connectivity index (χ1) is 7.61. The van der Waals surface area contributed by atoms with Crippen LogP contribution in [0.2, 0.25) is 0 Å². The minimum absolute atomic E-state index is 0.0801. The van der Waals surface area contributed by atoms with Gasteiger partial charge in [0.15, 0.2) is 6.61 Å². The van der Waals surface area contributed by atoms with E-state index in [1.165, 1.54) is 0 Å². The van der Waals surface area contributed by atoms with E-state index in [9.17, 15) is 14.7 Å². The summed E-state index contributed by atoms with van der Waals surface area (Å²) in [7, 11) is 0. The van der Waals surface area contributed by atoms with Crippen LogP contribution in [0.1, 0.15) is 39.5 Å². The molecule has 1 heterocycles. The number of aliphatic hydroxyl groups is 1. The zero-order chi connectivity index (χ0) is 12.1. The van der Waals surface area contributed by atoms with Crippen LogP contribution < -0.4 is 0 Å². The molecule has 90 valence electrons. The summed E-state index contributed by atoms with van der Waals surface area (Å²) in [6, 6.07) is 0. The van der Waals surface area contributed by atoms with Gasteiger partial charge in [-0.05, 0) is 12.8 Å². The van der Waals surface area contributed by atoms with Crippen molar-refractivity contribution in [3.8, 4) is 0 Å². The highest BCUT2D eigenvalue weighted by atomic mass is 16.5. The number of Topliss-reactive ketones (excluding diaryl/α,β-unsaturated/α-hetero) is 1. The van der Waals surface area contributed by atoms with E-state index in [2.05, 4.69) is 11.7 Å². The summed E-state index contributed by atoms with van der Waals surface area (Å²) in [4.78, 5) is 22.6. The van der Waals surface area contributed by atoms with Crippen LogP contribution in [-0.4, -0.2) is 23.5 Å². The first kappa shape index (κ1) is 12.7. The normalized spacial score (nSPS) is 20.9. The lowest BCUT2D eigenvalue weighted by Gasteiger charge is -2.14. The average Bonchev–Trinajstić information content (AvgIpc) is 2.59. The summed E-state index contributed by atoms with van der Waals surface area (Å²) < 4.78 is 4.59. The van der Waals surface area contributed by atoms with Gasteiger partial charge in [0.1, 0.15) is 11.3 Å². The highest BCUT2D eigenvalue weighted by Crippen LogP contribution is 2.25. The molecule has 1 aliphatic heterocycles. The molecule has 0 spiro atoms. The van der Waals surface area contributed by atoms with Gasteiger partial charge in [0.25, 0.3) is 0 Å². The molecule has 0 aliphatic carbocycles. The van der Waals surface area contributed by atoms with Crippen LogP contribution >= 0.6 is 0 Å². The van der Waals surface area contributed by atoms with Crippen LogP contribution in [0.3, 0.4) is 0 Å². The van der Waals surface area contributed by atoms with Gasteiger partial charge in [0, 0.05) is 5.92 Å². The Morgan fingerprint density at radius 1 is 1.44 bits per heavy atom. The second-order valence-electron chi connectivity index (χ2n) is 4.01. The van der Waals surface area contributed by atoms with Gasteiger partial charge in [-0.25, -0.2) is 4.79 Å². The quantitative estimate of drug-likeness (QED) is 0.337. The number of cyclic esters (lactones) is 1. The largest absolute Gasteiger partial charge is 0.511 e. The van der Waals surface area contributed by atoms with E-state index in [1.807, 2.05) is 6.92 Å². The van der Waals surface area contributed by atoms with Crippen molar-refractivity contribution in [2.75, 3.05) is 6.61 Å². The maximum Gasteiger partial charge on any atom is 0.345 e. The highest BCUT2D eigenvalue weighted by Gasteiger charge is 2.33. The summed E-state index contributed by atoms with van der Waals surface area (Å²) in [6.07, 6.45) is 3.51. The number of ether oxygens (including phenoxy) is 1. The molecule has 4 nitrogen and oxygen atoms in total. The van der Waals surface area contributed by atoms with Crippen molar-refractivity contribution in [2.24, 2.45) is 5.92 Å². The van der Waals surface area contributed by atoms with Crippen LogP contribution in [0, 0.1) is 5.92 Å². The molecule has 1 fully saturated rings. The van der Waals surface area contributed by atoms with Gasteiger partial charge in [-0.2, -0.15) is 0 Å². The summed E-state index contributed by atoms with van der Waals surface area (Å²) >= 11 is 0. The molecule has 0 bridgehead atoms. The highest BCUT2D eigenvalue weighted by molar-refractivity contribution is 6.22. The van der Waals surface area contributed by atoms with Crippen molar-refractivity contribution >= 4 is 11.8 Å². The second-order valence-corrected chi connectivity index (χ2v) is 4.01. The van der Waals surface area contributed by atoms with Crippen LogP contribution in [-0.2, 0) is 14.3 Å². The molecule has 1 aliphatic rings. The molecule has 0 aromatic heterocycles. The molecule has 1 rings (SSSR count). The Balaban J connectivity index is 2.86. The Bertz CT molecular complexity index is 299. The Hall–Kier alpha value is -1.32. The molecule has 0 amide bonds. The third kappa shape index (κ3) is 2.62. The van der Waals surface area contributed by atoms with Gasteiger partial charge in [-0.3, -0.25) is 4.79 Å². The number of carbonyl (C=O) groups excluding carboxylic acids is 2. The van der Waals surface area contributed by atoms with Crippen LogP contribution in [0.15, 0.2) is 11.3 Å². The van der Waals surface area contributed by atoms with Gasteiger partial charge in [-0.15, -0.1) is 0 Å². The minimum atomic E-state index is -0.683. The SMILES string of the molecule is CCCCC(CC)/C(O)=C1/C(=O)COC1=O. The summed E-state index contributed by atoms with van der Waals surface area (Å²) in [5, 5.41) is 9.93. The van der Waals surface area contributed by atoms with Crippen molar-refractivity contribution in [1.29, 1.82) is 0 Å². The number of allylic oxidation sites excluding steroid dienone is 1. The first-order valence-electron chi connectivity index (χ1n) is 5.75. The number of ketones is 1.